The Labute approximate surface area is 332 Å². The molecule has 4 aromatic carbocycles. The van der Waals surface area contributed by atoms with Gasteiger partial charge < -0.3 is 0 Å². The molecule has 1 unspecified atom stereocenters. The quantitative estimate of drug-likeness (QED) is 0.189. The molecule has 1 heterocycles. The van der Waals surface area contributed by atoms with Gasteiger partial charge in [0, 0.05) is 11.0 Å². The molecule has 4 heteroatoms. The zero-order valence-electron chi connectivity index (χ0n) is 36.9. The van der Waals surface area contributed by atoms with Gasteiger partial charge in [-0.15, -0.1) is 0 Å². The number of nitrogens with zero attached hydrogens (tertiary/aromatic N) is 2. The van der Waals surface area contributed by atoms with Gasteiger partial charge in [-0.25, -0.2) is 4.99 Å². The summed E-state index contributed by atoms with van der Waals surface area (Å²) in [6.07, 6.45) is 0. The van der Waals surface area contributed by atoms with Crippen LogP contribution in [0.15, 0.2) is 89.9 Å². The molecule has 0 aliphatic carbocycles. The lowest BCUT2D eigenvalue weighted by molar-refractivity contribution is 0.553. The van der Waals surface area contributed by atoms with Crippen LogP contribution in [0.5, 0.6) is 0 Å². The minimum absolute atomic E-state index is 0.0191. The van der Waals surface area contributed by atoms with Crippen LogP contribution in [0, 0.1) is 0 Å². The fourth-order valence-electron chi connectivity index (χ4n) is 7.04. The Morgan fingerprint density at radius 2 is 0.833 bits per heavy atom. The maximum atomic E-state index is 5.62. The average molecular weight is 759 g/mol. The van der Waals surface area contributed by atoms with Gasteiger partial charge in [0.2, 0.25) is 0 Å². The van der Waals surface area contributed by atoms with Crippen molar-refractivity contribution in [1.29, 1.82) is 0 Å². The zero-order valence-corrected chi connectivity index (χ0v) is 38.7. The van der Waals surface area contributed by atoms with Crippen LogP contribution in [0.25, 0.3) is 0 Å². The first kappa shape index (κ1) is 42.1. The predicted octanol–water partition coefficient (Wildman–Crippen LogP) is 14.1. The van der Waals surface area contributed by atoms with E-state index < -0.39 is 7.92 Å². The summed E-state index contributed by atoms with van der Waals surface area (Å²) in [6.45, 7) is 42.9. The van der Waals surface area contributed by atoms with Crippen LogP contribution >= 0.6 is 16.1 Å². The minimum atomic E-state index is -0.995. The molecule has 2 nitrogen and oxygen atoms in total. The highest BCUT2D eigenvalue weighted by atomic mass is 31.1. The Morgan fingerprint density at radius 3 is 1.20 bits per heavy atom. The summed E-state index contributed by atoms with van der Waals surface area (Å²) in [7, 11) is 0.255. The van der Waals surface area contributed by atoms with Gasteiger partial charge in [0.05, 0.1) is 18.8 Å². The van der Waals surface area contributed by atoms with Crippen LogP contribution < -0.4 is 15.5 Å². The first-order valence-electron chi connectivity index (χ1n) is 19.9. The van der Waals surface area contributed by atoms with E-state index >= 15 is 0 Å². The molecule has 0 spiro atoms. The minimum Gasteiger partial charge on any atom is -0.289 e. The predicted molar refractivity (Wildman–Crippen MR) is 246 cm³/mol. The van der Waals surface area contributed by atoms with Crippen molar-refractivity contribution < 1.29 is 0 Å². The largest absolute Gasteiger partial charge is 0.289 e. The molecule has 0 aromatic heterocycles. The van der Waals surface area contributed by atoms with Crippen LogP contribution in [0.3, 0.4) is 0 Å². The van der Waals surface area contributed by atoms with Crippen molar-refractivity contribution in [3.05, 3.63) is 118 Å². The van der Waals surface area contributed by atoms with Gasteiger partial charge in [-0.3, -0.25) is 4.90 Å². The highest BCUT2D eigenvalue weighted by Crippen LogP contribution is 2.58. The highest BCUT2D eigenvalue weighted by Gasteiger charge is 2.48. The Hall–Kier alpha value is -3.05. The van der Waals surface area contributed by atoms with Crippen molar-refractivity contribution in [3.63, 3.8) is 0 Å². The number of hydrogen-bond donors (Lipinski definition) is 0. The molecule has 4 aromatic rings. The molecule has 0 N–H and O–H groups in total. The van der Waals surface area contributed by atoms with Crippen molar-refractivity contribution in [2.24, 2.45) is 4.99 Å². The summed E-state index contributed by atoms with van der Waals surface area (Å²) in [4.78, 5) is 8.15. The molecule has 1 saturated heterocycles. The zero-order chi connectivity index (χ0) is 40.4. The van der Waals surface area contributed by atoms with Crippen LogP contribution in [0.2, 0.25) is 0 Å². The third-order valence-electron chi connectivity index (χ3n) is 10.4. The van der Waals surface area contributed by atoms with E-state index in [1.807, 2.05) is 0 Å². The van der Waals surface area contributed by atoms with Crippen molar-refractivity contribution in [2.75, 3.05) is 4.90 Å². The molecular formula is C50H68N2P2. The Kier molecular flexibility index (Phi) is 11.3. The average Bonchev–Trinajstić information content (AvgIpc) is 3.02. The molecule has 0 amide bonds. The van der Waals surface area contributed by atoms with Crippen LogP contribution in [-0.2, 0) is 32.5 Å². The molecule has 1 aliphatic heterocycles. The summed E-state index contributed by atoms with van der Waals surface area (Å²) in [5.41, 5.74) is 11.7. The van der Waals surface area contributed by atoms with E-state index in [1.165, 1.54) is 63.0 Å². The molecule has 1 fully saturated rings. The fourth-order valence-corrected chi connectivity index (χ4v) is 12.7. The number of anilines is 1. The molecule has 1 aliphatic rings. The fraction of sp³-hybridized carbons (Fsp3) is 0.480. The van der Waals surface area contributed by atoms with Crippen LogP contribution in [0.4, 0.5) is 11.4 Å². The van der Waals surface area contributed by atoms with E-state index in [0.717, 1.165) is 11.3 Å². The summed E-state index contributed by atoms with van der Waals surface area (Å²) >= 11 is 0. The first-order chi connectivity index (χ1) is 24.6. The lowest BCUT2D eigenvalue weighted by Crippen LogP contribution is -2.51. The van der Waals surface area contributed by atoms with Gasteiger partial charge in [0.1, 0.15) is 5.58 Å². The van der Waals surface area contributed by atoms with E-state index in [4.69, 9.17) is 4.99 Å². The summed E-state index contributed by atoms with van der Waals surface area (Å²) in [6, 6.07) is 31.8. The molecule has 5 rings (SSSR count). The molecular weight excluding hydrogens is 691 g/mol. The van der Waals surface area contributed by atoms with Crippen molar-refractivity contribution >= 4 is 48.8 Å². The number of benzene rings is 4. The Balaban J connectivity index is 2.02. The number of aliphatic imine (C=N–C) groups is 1. The van der Waals surface area contributed by atoms with Crippen molar-refractivity contribution in [2.45, 2.75) is 157 Å². The first-order valence-corrected chi connectivity index (χ1v) is 22.1. The van der Waals surface area contributed by atoms with E-state index in [9.17, 15) is 0 Å². The number of amidine groups is 1. The Morgan fingerprint density at radius 1 is 0.463 bits per heavy atom. The van der Waals surface area contributed by atoms with Crippen LogP contribution in [0.1, 0.15) is 158 Å². The maximum absolute atomic E-state index is 5.62. The molecule has 0 bridgehead atoms. The van der Waals surface area contributed by atoms with Crippen LogP contribution in [-0.4, -0.2) is 10.7 Å². The molecule has 288 valence electrons. The second-order valence-electron chi connectivity index (χ2n) is 21.5. The smallest absolute Gasteiger partial charge is 0.148 e. The standard InChI is InChI=1S/C50H68N2P2/c1-45(2,3)33-29-37(47(7,8)9)41(38(30-33)48(10,11)12)53-44-52(36-27-23-20-24-28-36)43(51-35-25-21-19-22-26-35)54(44)42-39(49(13,14)15)31-34(46(4,5)6)32-40(42)50(16,17)18/h19-32H,1-18H3. The normalized spacial score (nSPS) is 17.7. The van der Waals surface area contributed by atoms with Gasteiger partial charge >= 0.3 is 0 Å². The number of hydrogen-bond acceptors (Lipinski definition) is 1. The monoisotopic (exact) mass is 758 g/mol. The van der Waals surface area contributed by atoms with E-state index in [2.05, 4.69) is 214 Å². The molecule has 54 heavy (non-hydrogen) atoms. The van der Waals surface area contributed by atoms with Gasteiger partial charge in [-0.1, -0.05) is 185 Å². The highest BCUT2D eigenvalue weighted by molar-refractivity contribution is 8.06. The lowest BCUT2D eigenvalue weighted by Gasteiger charge is -2.48. The number of para-hydroxylation sites is 2. The van der Waals surface area contributed by atoms with E-state index in [0.29, 0.717) is 0 Å². The molecule has 1 atom stereocenters. The second-order valence-corrected chi connectivity index (χ2v) is 24.9. The topological polar surface area (TPSA) is 15.6 Å². The second kappa shape index (κ2) is 14.5. The Bertz CT molecular complexity index is 1970. The third kappa shape index (κ3) is 8.82. The van der Waals surface area contributed by atoms with Gasteiger partial charge in [0.15, 0.2) is 0 Å². The molecule has 0 saturated carbocycles. The van der Waals surface area contributed by atoms with Gasteiger partial charge in [-0.05, 0) is 104 Å². The maximum Gasteiger partial charge on any atom is 0.148 e. The summed E-state index contributed by atoms with van der Waals surface area (Å²) in [5, 5.41) is 4.37. The van der Waals surface area contributed by atoms with Crippen molar-refractivity contribution in [1.82, 2.24) is 0 Å². The summed E-state index contributed by atoms with van der Waals surface area (Å²) < 4.78 is 0. The SMILES string of the molecule is CC(C)(C)c1cc(C(C)(C)C)c(P=C2N(c3ccccc3)C(=Nc3ccccc3)P2c2c(C(C)(C)C)cc(C(C)(C)C)cc2C(C)(C)C)c(C(C)(C)C)c1. The molecule has 0 radical (unpaired) electrons. The van der Waals surface area contributed by atoms with Gasteiger partial charge in [-0.2, -0.15) is 0 Å². The lowest BCUT2D eigenvalue weighted by atomic mass is 9.75. The van der Waals surface area contributed by atoms with E-state index in [-0.39, 0.29) is 32.5 Å². The van der Waals surface area contributed by atoms with Crippen molar-refractivity contribution in [3.8, 4) is 0 Å². The van der Waals surface area contributed by atoms with E-state index in [1.54, 1.807) is 0 Å². The van der Waals surface area contributed by atoms with Gasteiger partial charge in [0.25, 0.3) is 0 Å². The summed E-state index contributed by atoms with van der Waals surface area (Å²) in [5.74, 6) is 0. The third-order valence-corrected chi connectivity index (χ3v) is 14.7. The number of rotatable bonds is 4.